The first kappa shape index (κ1) is 12.9. The molecule has 1 aromatic rings. The van der Waals surface area contributed by atoms with Crippen LogP contribution in [0, 0.1) is 0 Å². The summed E-state index contributed by atoms with van der Waals surface area (Å²) in [6, 6.07) is 2.20. The fourth-order valence-electron chi connectivity index (χ4n) is 1.12. The van der Waals surface area contributed by atoms with Gasteiger partial charge in [-0.15, -0.1) is 0 Å². The molecule has 0 heterocycles. The van der Waals surface area contributed by atoms with Crippen molar-refractivity contribution in [2.75, 3.05) is 18.1 Å². The minimum Gasteiger partial charge on any atom is -0.483 e. The van der Waals surface area contributed by atoms with Crippen molar-refractivity contribution in [1.82, 2.24) is 0 Å². The van der Waals surface area contributed by atoms with Crippen LogP contribution in [-0.4, -0.2) is 23.9 Å². The van der Waals surface area contributed by atoms with Gasteiger partial charge in [-0.25, -0.2) is 4.79 Å². The van der Waals surface area contributed by atoms with Gasteiger partial charge in [-0.1, -0.05) is 0 Å². The Morgan fingerprint density at radius 1 is 1.35 bits per heavy atom. The van der Waals surface area contributed by atoms with E-state index in [-0.39, 0.29) is 11.4 Å². The first-order chi connectivity index (χ1) is 7.72. The number of rotatable bonds is 3. The number of hydrogen-bond donors (Lipinski definition) is 3. The molecule has 0 fully saturated rings. The van der Waals surface area contributed by atoms with Crippen molar-refractivity contribution in [2.24, 2.45) is 0 Å². The van der Waals surface area contributed by atoms with E-state index in [1.807, 2.05) is 0 Å². The summed E-state index contributed by atoms with van der Waals surface area (Å²) in [5.74, 6) is -1.98. The van der Waals surface area contributed by atoms with Crippen LogP contribution in [0.1, 0.15) is 10.4 Å². The maximum atomic E-state index is 11.9. The minimum absolute atomic E-state index is 0.0400. The normalized spacial score (nSPS) is 11.2. The highest BCUT2D eigenvalue weighted by molar-refractivity contribution is 5.99. The Hall–Kier alpha value is -2.12. The Morgan fingerprint density at radius 3 is 2.41 bits per heavy atom. The van der Waals surface area contributed by atoms with E-state index in [2.05, 4.69) is 4.74 Å². The Bertz CT molecular complexity index is 446. The minimum atomic E-state index is -4.56. The zero-order valence-electron chi connectivity index (χ0n) is 8.41. The van der Waals surface area contributed by atoms with Gasteiger partial charge in [-0.3, -0.25) is 0 Å². The van der Waals surface area contributed by atoms with Crippen LogP contribution in [0.2, 0.25) is 0 Å². The molecule has 0 amide bonds. The number of ether oxygens (including phenoxy) is 1. The van der Waals surface area contributed by atoms with Crippen LogP contribution < -0.4 is 16.2 Å². The molecule has 5 N–H and O–H groups in total. The van der Waals surface area contributed by atoms with Crippen molar-refractivity contribution in [3.05, 3.63) is 17.7 Å². The Kier molecular flexibility index (Phi) is 3.35. The summed E-state index contributed by atoms with van der Waals surface area (Å²) in [6.07, 6.45) is -4.56. The van der Waals surface area contributed by atoms with E-state index in [9.17, 15) is 18.0 Å². The van der Waals surface area contributed by atoms with Crippen LogP contribution in [0.25, 0.3) is 0 Å². The van der Waals surface area contributed by atoms with Crippen LogP contribution in [-0.2, 0) is 0 Å². The maximum Gasteiger partial charge on any atom is 0.422 e. The number of anilines is 2. The van der Waals surface area contributed by atoms with E-state index in [1.165, 1.54) is 6.07 Å². The molecule has 94 valence electrons. The number of aromatic carboxylic acids is 1. The molecule has 0 aromatic heterocycles. The lowest BCUT2D eigenvalue weighted by atomic mass is 10.1. The molecule has 17 heavy (non-hydrogen) atoms. The van der Waals surface area contributed by atoms with E-state index in [4.69, 9.17) is 16.6 Å². The molecule has 0 spiro atoms. The van der Waals surface area contributed by atoms with E-state index < -0.39 is 30.1 Å². The second-order valence-electron chi connectivity index (χ2n) is 3.15. The zero-order chi connectivity index (χ0) is 13.2. The lowest BCUT2D eigenvalue weighted by Gasteiger charge is -2.13. The van der Waals surface area contributed by atoms with Crippen molar-refractivity contribution < 1.29 is 27.8 Å². The second kappa shape index (κ2) is 4.40. The first-order valence-electron chi connectivity index (χ1n) is 4.33. The molecule has 0 aliphatic carbocycles. The molecule has 0 unspecified atom stereocenters. The highest BCUT2D eigenvalue weighted by Gasteiger charge is 2.29. The van der Waals surface area contributed by atoms with Gasteiger partial charge in [0.15, 0.2) is 6.61 Å². The van der Waals surface area contributed by atoms with Crippen LogP contribution in [0.5, 0.6) is 5.75 Å². The average Bonchev–Trinajstić information content (AvgIpc) is 2.18. The molecule has 8 heteroatoms. The first-order valence-corrected chi connectivity index (χ1v) is 4.33. The fraction of sp³-hybridized carbons (Fsp3) is 0.222. The Labute approximate surface area is 93.8 Å². The molecule has 1 rings (SSSR count). The maximum absolute atomic E-state index is 11.9. The summed E-state index contributed by atoms with van der Waals surface area (Å²) in [4.78, 5) is 10.8. The number of halogens is 3. The Balaban J connectivity index is 3.08. The number of alkyl halides is 3. The smallest absolute Gasteiger partial charge is 0.422 e. The molecule has 0 aliphatic rings. The van der Waals surface area contributed by atoms with Crippen LogP contribution in [0.4, 0.5) is 24.5 Å². The van der Waals surface area contributed by atoms with Crippen LogP contribution in [0.15, 0.2) is 12.1 Å². The zero-order valence-corrected chi connectivity index (χ0v) is 8.41. The third-order valence-corrected chi connectivity index (χ3v) is 1.85. The van der Waals surface area contributed by atoms with Gasteiger partial charge in [-0.2, -0.15) is 13.2 Å². The van der Waals surface area contributed by atoms with Gasteiger partial charge in [0, 0.05) is 0 Å². The molecule has 5 nitrogen and oxygen atoms in total. The van der Waals surface area contributed by atoms with Gasteiger partial charge >= 0.3 is 12.1 Å². The number of carboxylic acid groups (broad SMARTS) is 1. The average molecular weight is 250 g/mol. The molecular formula is C9H9F3N2O3. The van der Waals surface area contributed by atoms with E-state index >= 15 is 0 Å². The molecule has 0 bridgehead atoms. The topological polar surface area (TPSA) is 98.6 Å². The van der Waals surface area contributed by atoms with Gasteiger partial charge in [-0.05, 0) is 12.1 Å². The lowest BCUT2D eigenvalue weighted by Crippen LogP contribution is -2.20. The largest absolute Gasteiger partial charge is 0.483 e. The van der Waals surface area contributed by atoms with Crippen molar-refractivity contribution in [3.8, 4) is 5.75 Å². The molecular weight excluding hydrogens is 241 g/mol. The number of nitrogens with two attached hydrogens (primary N) is 2. The van der Waals surface area contributed by atoms with Crippen molar-refractivity contribution in [1.29, 1.82) is 0 Å². The van der Waals surface area contributed by atoms with Crippen molar-refractivity contribution in [3.63, 3.8) is 0 Å². The van der Waals surface area contributed by atoms with Gasteiger partial charge in [0.1, 0.15) is 11.3 Å². The van der Waals surface area contributed by atoms with Gasteiger partial charge in [0.25, 0.3) is 0 Å². The van der Waals surface area contributed by atoms with Crippen molar-refractivity contribution in [2.45, 2.75) is 6.18 Å². The molecule has 1 aromatic carbocycles. The molecule has 0 radical (unpaired) electrons. The van der Waals surface area contributed by atoms with Gasteiger partial charge in [0.2, 0.25) is 0 Å². The second-order valence-corrected chi connectivity index (χ2v) is 3.15. The lowest BCUT2D eigenvalue weighted by molar-refractivity contribution is -0.153. The third-order valence-electron chi connectivity index (χ3n) is 1.85. The molecule has 0 atom stereocenters. The van der Waals surface area contributed by atoms with Gasteiger partial charge in [0.05, 0.1) is 11.4 Å². The monoisotopic (exact) mass is 250 g/mol. The highest BCUT2D eigenvalue weighted by atomic mass is 19.4. The SMILES string of the molecule is Nc1ccc(OCC(F)(F)F)c(C(=O)O)c1N. The molecule has 0 aliphatic heterocycles. The summed E-state index contributed by atoms with van der Waals surface area (Å²) in [7, 11) is 0. The number of benzene rings is 1. The van der Waals surface area contributed by atoms with E-state index in [1.54, 1.807) is 0 Å². The summed E-state index contributed by atoms with van der Waals surface area (Å²) in [5.41, 5.74) is 9.76. The third kappa shape index (κ3) is 3.16. The number of carboxylic acids is 1. The van der Waals surface area contributed by atoms with E-state index in [0.29, 0.717) is 0 Å². The fourth-order valence-corrected chi connectivity index (χ4v) is 1.12. The quantitative estimate of drug-likeness (QED) is 0.706. The van der Waals surface area contributed by atoms with Gasteiger partial charge < -0.3 is 21.3 Å². The van der Waals surface area contributed by atoms with Crippen LogP contribution >= 0.6 is 0 Å². The predicted octanol–water partition coefficient (Wildman–Crippen LogP) is 1.49. The van der Waals surface area contributed by atoms with Crippen molar-refractivity contribution >= 4 is 17.3 Å². The number of carbonyl (C=O) groups is 1. The number of nitrogen functional groups attached to an aromatic ring is 2. The van der Waals surface area contributed by atoms with E-state index in [0.717, 1.165) is 6.07 Å². The number of hydrogen-bond acceptors (Lipinski definition) is 4. The molecule has 0 saturated heterocycles. The standard InChI is InChI=1S/C9H9F3N2O3/c10-9(11,12)3-17-5-2-1-4(13)7(14)6(5)8(15)16/h1-2H,3,13-14H2,(H,15,16). The summed E-state index contributed by atoms with van der Waals surface area (Å²) < 4.78 is 40.1. The predicted molar refractivity (Wildman–Crippen MR) is 53.8 cm³/mol. The summed E-state index contributed by atoms with van der Waals surface area (Å²) in [5, 5.41) is 8.80. The summed E-state index contributed by atoms with van der Waals surface area (Å²) in [6.45, 7) is -1.60. The highest BCUT2D eigenvalue weighted by Crippen LogP contribution is 2.30. The summed E-state index contributed by atoms with van der Waals surface area (Å²) >= 11 is 0. The van der Waals surface area contributed by atoms with Crippen LogP contribution in [0.3, 0.4) is 0 Å². The molecule has 0 saturated carbocycles. The Morgan fingerprint density at radius 2 is 1.94 bits per heavy atom.